The van der Waals surface area contributed by atoms with Gasteiger partial charge in [0.1, 0.15) is 5.76 Å². The summed E-state index contributed by atoms with van der Waals surface area (Å²) in [5, 5.41) is 2.97. The monoisotopic (exact) mass is 314 g/mol. The number of furan rings is 1. The second kappa shape index (κ2) is 8.53. The van der Waals surface area contributed by atoms with Crippen LogP contribution in [0.5, 0.6) is 0 Å². The van der Waals surface area contributed by atoms with Gasteiger partial charge in [0.25, 0.3) is 0 Å². The molecule has 1 heterocycles. The maximum absolute atomic E-state index is 11.9. The Morgan fingerprint density at radius 1 is 1.22 bits per heavy atom. The van der Waals surface area contributed by atoms with E-state index in [1.54, 1.807) is 6.26 Å². The van der Waals surface area contributed by atoms with Crippen LogP contribution in [0.3, 0.4) is 0 Å². The Morgan fingerprint density at radius 3 is 2.57 bits per heavy atom. The number of nitrogens with one attached hydrogen (secondary N) is 1. The van der Waals surface area contributed by atoms with E-state index in [4.69, 9.17) is 4.42 Å². The summed E-state index contributed by atoms with van der Waals surface area (Å²) in [6.07, 6.45) is 2.50. The lowest BCUT2D eigenvalue weighted by Gasteiger charge is -2.14. The van der Waals surface area contributed by atoms with Gasteiger partial charge in [0.2, 0.25) is 5.91 Å². The number of rotatable bonds is 8. The van der Waals surface area contributed by atoms with Crippen LogP contribution >= 0.6 is 0 Å². The largest absolute Gasteiger partial charge is 0.468 e. The van der Waals surface area contributed by atoms with Crippen molar-refractivity contribution in [2.75, 3.05) is 20.1 Å². The molecule has 0 aliphatic carbocycles. The average Bonchev–Trinajstić information content (AvgIpc) is 3.00. The van der Waals surface area contributed by atoms with Crippen molar-refractivity contribution < 1.29 is 9.21 Å². The highest BCUT2D eigenvalue weighted by Crippen LogP contribution is 2.14. The Kier molecular flexibility index (Phi) is 6.41. The van der Waals surface area contributed by atoms with E-state index < -0.39 is 0 Å². The molecule has 0 aliphatic rings. The first kappa shape index (κ1) is 17.3. The standard InChI is InChI=1S/C19H26N2O2/c1-15(2)17-8-6-16(7-9-17)10-11-20-19(22)14-21(3)13-18-5-4-12-23-18/h4-9,12,15H,10-11,13-14H2,1-3H3,(H,20,22). The Balaban J connectivity index is 1.68. The molecule has 1 N–H and O–H groups in total. The van der Waals surface area contributed by atoms with E-state index in [2.05, 4.69) is 43.4 Å². The lowest BCUT2D eigenvalue weighted by Crippen LogP contribution is -2.35. The normalized spacial score (nSPS) is 11.2. The number of likely N-dealkylation sites (N-methyl/N-ethyl adjacent to an activating group) is 1. The number of hydrogen-bond acceptors (Lipinski definition) is 3. The summed E-state index contributed by atoms with van der Waals surface area (Å²) >= 11 is 0. The molecule has 0 fully saturated rings. The van der Waals surface area contributed by atoms with Crippen molar-refractivity contribution >= 4 is 5.91 Å². The molecule has 0 atom stereocenters. The molecule has 0 saturated carbocycles. The van der Waals surface area contributed by atoms with Crippen LogP contribution in [-0.2, 0) is 17.8 Å². The van der Waals surface area contributed by atoms with Crippen molar-refractivity contribution in [3.8, 4) is 0 Å². The summed E-state index contributed by atoms with van der Waals surface area (Å²) < 4.78 is 5.28. The Bertz CT molecular complexity index is 588. The number of amides is 1. The molecule has 124 valence electrons. The molecule has 0 saturated heterocycles. The Hall–Kier alpha value is -2.07. The van der Waals surface area contributed by atoms with Crippen LogP contribution in [-0.4, -0.2) is 30.9 Å². The molecule has 2 rings (SSSR count). The summed E-state index contributed by atoms with van der Waals surface area (Å²) in [7, 11) is 1.91. The molecule has 0 aliphatic heterocycles. The van der Waals surface area contributed by atoms with Crippen molar-refractivity contribution in [3.05, 3.63) is 59.5 Å². The van der Waals surface area contributed by atoms with Gasteiger partial charge in [-0.3, -0.25) is 9.69 Å². The van der Waals surface area contributed by atoms with E-state index in [1.165, 1.54) is 11.1 Å². The third-order valence-corrected chi connectivity index (χ3v) is 3.80. The van der Waals surface area contributed by atoms with Gasteiger partial charge in [-0.2, -0.15) is 0 Å². The topological polar surface area (TPSA) is 45.5 Å². The van der Waals surface area contributed by atoms with Crippen LogP contribution in [0.2, 0.25) is 0 Å². The summed E-state index contributed by atoms with van der Waals surface area (Å²) in [5.41, 5.74) is 2.59. The fourth-order valence-electron chi connectivity index (χ4n) is 2.44. The van der Waals surface area contributed by atoms with Gasteiger partial charge in [0.15, 0.2) is 0 Å². The summed E-state index contributed by atoms with van der Waals surface area (Å²) in [4.78, 5) is 13.9. The third kappa shape index (κ3) is 5.91. The molecule has 4 nitrogen and oxygen atoms in total. The lowest BCUT2D eigenvalue weighted by atomic mass is 10.0. The quantitative estimate of drug-likeness (QED) is 0.814. The Morgan fingerprint density at radius 2 is 1.96 bits per heavy atom. The minimum atomic E-state index is 0.0397. The first-order valence-electron chi connectivity index (χ1n) is 8.11. The fraction of sp³-hybridized carbons (Fsp3) is 0.421. The zero-order valence-corrected chi connectivity index (χ0v) is 14.2. The van der Waals surface area contributed by atoms with Crippen molar-refractivity contribution in [2.45, 2.75) is 32.7 Å². The highest BCUT2D eigenvalue weighted by atomic mass is 16.3. The highest BCUT2D eigenvalue weighted by Gasteiger charge is 2.08. The van der Waals surface area contributed by atoms with E-state index >= 15 is 0 Å². The predicted molar refractivity (Wildman–Crippen MR) is 92.3 cm³/mol. The van der Waals surface area contributed by atoms with Gasteiger partial charge < -0.3 is 9.73 Å². The van der Waals surface area contributed by atoms with Gasteiger partial charge in [-0.1, -0.05) is 38.1 Å². The van der Waals surface area contributed by atoms with Crippen molar-refractivity contribution in [2.24, 2.45) is 0 Å². The van der Waals surface area contributed by atoms with Crippen LogP contribution in [0, 0.1) is 0 Å². The van der Waals surface area contributed by atoms with Gasteiger partial charge in [-0.25, -0.2) is 0 Å². The van der Waals surface area contributed by atoms with E-state index in [-0.39, 0.29) is 5.91 Å². The highest BCUT2D eigenvalue weighted by molar-refractivity contribution is 5.77. The number of carbonyl (C=O) groups is 1. The number of carbonyl (C=O) groups excluding carboxylic acids is 1. The lowest BCUT2D eigenvalue weighted by molar-refractivity contribution is -0.122. The molecule has 1 aromatic carbocycles. The van der Waals surface area contributed by atoms with Crippen molar-refractivity contribution in [3.63, 3.8) is 0 Å². The van der Waals surface area contributed by atoms with E-state index in [9.17, 15) is 4.79 Å². The molecule has 0 unspecified atom stereocenters. The Labute approximate surface area is 138 Å². The van der Waals surface area contributed by atoms with Gasteiger partial charge in [-0.15, -0.1) is 0 Å². The zero-order chi connectivity index (χ0) is 16.7. The van der Waals surface area contributed by atoms with Gasteiger partial charge in [0.05, 0.1) is 19.4 Å². The maximum atomic E-state index is 11.9. The molecular weight excluding hydrogens is 288 g/mol. The maximum Gasteiger partial charge on any atom is 0.234 e. The molecule has 4 heteroatoms. The zero-order valence-electron chi connectivity index (χ0n) is 14.2. The van der Waals surface area contributed by atoms with Crippen LogP contribution in [0.1, 0.15) is 36.7 Å². The summed E-state index contributed by atoms with van der Waals surface area (Å²) in [6, 6.07) is 12.4. The summed E-state index contributed by atoms with van der Waals surface area (Å²) in [5.74, 6) is 1.46. The second-order valence-electron chi connectivity index (χ2n) is 6.25. The van der Waals surface area contributed by atoms with Crippen molar-refractivity contribution in [1.82, 2.24) is 10.2 Å². The molecular formula is C19H26N2O2. The number of hydrogen-bond donors (Lipinski definition) is 1. The van der Waals surface area contributed by atoms with Crippen molar-refractivity contribution in [1.29, 1.82) is 0 Å². The van der Waals surface area contributed by atoms with Gasteiger partial charge in [-0.05, 0) is 42.6 Å². The van der Waals surface area contributed by atoms with Crippen LogP contribution < -0.4 is 5.32 Å². The predicted octanol–water partition coefficient (Wildman–Crippen LogP) is 3.19. The molecule has 0 radical (unpaired) electrons. The van der Waals surface area contributed by atoms with Gasteiger partial charge >= 0.3 is 0 Å². The third-order valence-electron chi connectivity index (χ3n) is 3.80. The molecule has 23 heavy (non-hydrogen) atoms. The molecule has 1 aromatic heterocycles. The van der Waals surface area contributed by atoms with E-state index in [0.29, 0.717) is 25.6 Å². The molecule has 1 amide bonds. The van der Waals surface area contributed by atoms with Crippen LogP contribution in [0.15, 0.2) is 47.1 Å². The first-order chi connectivity index (χ1) is 11.0. The SMILES string of the molecule is CC(C)c1ccc(CCNC(=O)CN(C)Cc2ccco2)cc1. The van der Waals surface area contributed by atoms with E-state index in [1.807, 2.05) is 24.1 Å². The summed E-state index contributed by atoms with van der Waals surface area (Å²) in [6.45, 7) is 6.04. The second-order valence-corrected chi connectivity index (χ2v) is 6.25. The first-order valence-corrected chi connectivity index (χ1v) is 8.11. The van der Waals surface area contributed by atoms with Gasteiger partial charge in [0, 0.05) is 6.54 Å². The minimum Gasteiger partial charge on any atom is -0.468 e. The minimum absolute atomic E-state index is 0.0397. The number of nitrogens with zero attached hydrogens (tertiary/aromatic N) is 1. The molecule has 0 bridgehead atoms. The van der Waals surface area contributed by atoms with E-state index in [0.717, 1.165) is 12.2 Å². The smallest absolute Gasteiger partial charge is 0.234 e. The number of benzene rings is 1. The fourth-order valence-corrected chi connectivity index (χ4v) is 2.44. The molecule has 2 aromatic rings. The average molecular weight is 314 g/mol. The van der Waals surface area contributed by atoms with Crippen LogP contribution in [0.4, 0.5) is 0 Å². The molecule has 0 spiro atoms. The van der Waals surface area contributed by atoms with Crippen LogP contribution in [0.25, 0.3) is 0 Å².